The van der Waals surface area contributed by atoms with Gasteiger partial charge in [0.05, 0.1) is 20.1 Å². The SMILES string of the molecule is CN=C(NCc1ccnc(OC)c1)N1CC(C)C(C(=O)OC)C1.I. The van der Waals surface area contributed by atoms with Gasteiger partial charge in [-0.25, -0.2) is 4.98 Å². The average molecular weight is 448 g/mol. The molecule has 1 aliphatic rings. The Morgan fingerprint density at radius 2 is 2.21 bits per heavy atom. The van der Waals surface area contributed by atoms with Gasteiger partial charge in [0.1, 0.15) is 0 Å². The van der Waals surface area contributed by atoms with Gasteiger partial charge in [0.25, 0.3) is 0 Å². The zero-order valence-electron chi connectivity index (χ0n) is 14.5. The molecule has 2 unspecified atom stereocenters. The van der Waals surface area contributed by atoms with Crippen molar-refractivity contribution < 1.29 is 14.3 Å². The zero-order chi connectivity index (χ0) is 16.8. The molecular formula is C16H25IN4O3. The predicted molar refractivity (Wildman–Crippen MR) is 103 cm³/mol. The van der Waals surface area contributed by atoms with E-state index in [1.54, 1.807) is 20.4 Å². The summed E-state index contributed by atoms with van der Waals surface area (Å²) in [6, 6.07) is 3.80. The highest BCUT2D eigenvalue weighted by Crippen LogP contribution is 2.24. The third kappa shape index (κ3) is 4.96. The number of aromatic nitrogens is 1. The second-order valence-corrected chi connectivity index (χ2v) is 5.62. The third-order valence-electron chi connectivity index (χ3n) is 4.09. The first-order valence-corrected chi connectivity index (χ1v) is 7.61. The number of esters is 1. The molecule has 0 amide bonds. The molecule has 1 N–H and O–H groups in total. The van der Waals surface area contributed by atoms with Crippen LogP contribution in [0.2, 0.25) is 0 Å². The van der Waals surface area contributed by atoms with E-state index in [-0.39, 0.29) is 41.8 Å². The van der Waals surface area contributed by atoms with Gasteiger partial charge in [0.2, 0.25) is 5.88 Å². The molecule has 1 aliphatic heterocycles. The van der Waals surface area contributed by atoms with Crippen molar-refractivity contribution in [1.82, 2.24) is 15.2 Å². The summed E-state index contributed by atoms with van der Waals surface area (Å²) in [7, 11) is 4.77. The van der Waals surface area contributed by atoms with Crippen LogP contribution in [0.1, 0.15) is 12.5 Å². The molecule has 1 fully saturated rings. The van der Waals surface area contributed by atoms with Gasteiger partial charge in [0.15, 0.2) is 5.96 Å². The molecular weight excluding hydrogens is 423 g/mol. The lowest BCUT2D eigenvalue weighted by Gasteiger charge is -2.21. The van der Waals surface area contributed by atoms with Crippen LogP contribution in [-0.2, 0) is 16.1 Å². The lowest BCUT2D eigenvalue weighted by atomic mass is 9.99. The Morgan fingerprint density at radius 1 is 1.46 bits per heavy atom. The summed E-state index contributed by atoms with van der Waals surface area (Å²) >= 11 is 0. The number of halogens is 1. The van der Waals surface area contributed by atoms with E-state index in [2.05, 4.69) is 27.1 Å². The standard InChI is InChI=1S/C16H24N4O3.HI/c1-11-9-20(10-13(11)15(21)23-4)16(17-2)19-8-12-5-6-18-14(7-12)22-3;/h5-7,11,13H,8-10H2,1-4H3,(H,17,19);1H. The molecule has 7 nitrogen and oxygen atoms in total. The van der Waals surface area contributed by atoms with E-state index in [0.717, 1.165) is 18.1 Å². The summed E-state index contributed by atoms with van der Waals surface area (Å²) in [5.41, 5.74) is 1.05. The molecule has 1 aromatic heterocycles. The molecule has 1 saturated heterocycles. The molecule has 1 aromatic rings. The third-order valence-corrected chi connectivity index (χ3v) is 4.09. The zero-order valence-corrected chi connectivity index (χ0v) is 16.8. The second-order valence-electron chi connectivity index (χ2n) is 5.62. The molecule has 2 atom stereocenters. The number of likely N-dealkylation sites (tertiary alicyclic amines) is 1. The number of methoxy groups -OCH3 is 2. The van der Waals surface area contributed by atoms with Crippen molar-refractivity contribution in [2.24, 2.45) is 16.8 Å². The van der Waals surface area contributed by atoms with Gasteiger partial charge in [-0.3, -0.25) is 9.79 Å². The van der Waals surface area contributed by atoms with E-state index in [1.165, 1.54) is 7.11 Å². The number of rotatable bonds is 4. The van der Waals surface area contributed by atoms with Gasteiger partial charge in [-0.1, -0.05) is 6.92 Å². The summed E-state index contributed by atoms with van der Waals surface area (Å²) in [4.78, 5) is 22.3. The average Bonchev–Trinajstić information content (AvgIpc) is 2.96. The van der Waals surface area contributed by atoms with E-state index < -0.39 is 0 Å². The molecule has 0 radical (unpaired) electrons. The summed E-state index contributed by atoms with van der Waals surface area (Å²) in [6.07, 6.45) is 1.71. The minimum Gasteiger partial charge on any atom is -0.481 e. The normalized spacial score (nSPS) is 20.3. The summed E-state index contributed by atoms with van der Waals surface area (Å²) in [5, 5.41) is 3.32. The second kappa shape index (κ2) is 9.65. The van der Waals surface area contributed by atoms with Crippen LogP contribution in [0.3, 0.4) is 0 Å². The molecule has 134 valence electrons. The van der Waals surface area contributed by atoms with Crippen LogP contribution in [0.25, 0.3) is 0 Å². The fourth-order valence-corrected chi connectivity index (χ4v) is 2.78. The molecule has 0 saturated carbocycles. The van der Waals surface area contributed by atoms with Crippen molar-refractivity contribution in [2.75, 3.05) is 34.4 Å². The van der Waals surface area contributed by atoms with Crippen LogP contribution < -0.4 is 10.1 Å². The van der Waals surface area contributed by atoms with Crippen LogP contribution in [-0.4, -0.2) is 56.2 Å². The molecule has 2 rings (SSSR count). The molecule has 0 spiro atoms. The van der Waals surface area contributed by atoms with Crippen molar-refractivity contribution in [3.63, 3.8) is 0 Å². The smallest absolute Gasteiger partial charge is 0.310 e. The van der Waals surface area contributed by atoms with Crippen molar-refractivity contribution >= 4 is 35.9 Å². The van der Waals surface area contributed by atoms with Gasteiger partial charge in [0, 0.05) is 38.9 Å². The molecule has 2 heterocycles. The lowest BCUT2D eigenvalue weighted by Crippen LogP contribution is -2.40. The minimum absolute atomic E-state index is 0. The molecule has 0 aliphatic carbocycles. The number of nitrogens with one attached hydrogen (secondary N) is 1. The van der Waals surface area contributed by atoms with Crippen LogP contribution in [0, 0.1) is 11.8 Å². The number of hydrogen-bond acceptors (Lipinski definition) is 5. The number of ether oxygens (including phenoxy) is 2. The van der Waals surface area contributed by atoms with Crippen LogP contribution in [0.4, 0.5) is 0 Å². The Hall–Kier alpha value is -1.58. The number of aliphatic imine (C=N–C) groups is 1. The van der Waals surface area contributed by atoms with Gasteiger partial charge in [-0.05, 0) is 17.5 Å². The summed E-state index contributed by atoms with van der Waals surface area (Å²) < 4.78 is 10.00. The van der Waals surface area contributed by atoms with Crippen molar-refractivity contribution in [2.45, 2.75) is 13.5 Å². The maximum absolute atomic E-state index is 11.8. The number of carbonyl (C=O) groups is 1. The largest absolute Gasteiger partial charge is 0.481 e. The monoisotopic (exact) mass is 448 g/mol. The quantitative estimate of drug-likeness (QED) is 0.326. The minimum atomic E-state index is -0.158. The van der Waals surface area contributed by atoms with E-state index in [9.17, 15) is 4.79 Å². The highest BCUT2D eigenvalue weighted by Gasteiger charge is 2.36. The first kappa shape index (κ1) is 20.5. The molecule has 0 aromatic carbocycles. The highest BCUT2D eigenvalue weighted by molar-refractivity contribution is 14.0. The fraction of sp³-hybridized carbons (Fsp3) is 0.562. The molecule has 8 heteroatoms. The number of guanidine groups is 1. The Kier molecular flexibility index (Phi) is 8.23. The predicted octanol–water partition coefficient (Wildman–Crippen LogP) is 1.52. The van der Waals surface area contributed by atoms with E-state index >= 15 is 0 Å². The summed E-state index contributed by atoms with van der Waals surface area (Å²) in [6.45, 7) is 4.06. The van der Waals surface area contributed by atoms with E-state index in [4.69, 9.17) is 9.47 Å². The lowest BCUT2D eigenvalue weighted by molar-refractivity contribution is -0.145. The summed E-state index contributed by atoms with van der Waals surface area (Å²) in [5.74, 6) is 1.33. The van der Waals surface area contributed by atoms with Gasteiger partial charge in [-0.15, -0.1) is 24.0 Å². The van der Waals surface area contributed by atoms with Crippen molar-refractivity contribution in [1.29, 1.82) is 0 Å². The van der Waals surface area contributed by atoms with E-state index in [1.807, 2.05) is 12.1 Å². The van der Waals surface area contributed by atoms with Crippen LogP contribution >= 0.6 is 24.0 Å². The maximum Gasteiger partial charge on any atom is 0.310 e. The first-order chi connectivity index (χ1) is 11.1. The van der Waals surface area contributed by atoms with Crippen molar-refractivity contribution in [3.8, 4) is 5.88 Å². The van der Waals surface area contributed by atoms with Crippen LogP contribution in [0.5, 0.6) is 5.88 Å². The number of carbonyl (C=O) groups excluding carboxylic acids is 1. The van der Waals surface area contributed by atoms with E-state index in [0.29, 0.717) is 19.0 Å². The Balaban J connectivity index is 0.00000288. The Labute approximate surface area is 159 Å². The first-order valence-electron chi connectivity index (χ1n) is 7.61. The van der Waals surface area contributed by atoms with Gasteiger partial charge >= 0.3 is 5.97 Å². The molecule has 24 heavy (non-hydrogen) atoms. The topological polar surface area (TPSA) is 76.1 Å². The fourth-order valence-electron chi connectivity index (χ4n) is 2.78. The number of nitrogens with zero attached hydrogens (tertiary/aromatic N) is 3. The molecule has 0 bridgehead atoms. The Bertz CT molecular complexity index is 582. The highest BCUT2D eigenvalue weighted by atomic mass is 127. The van der Waals surface area contributed by atoms with Gasteiger partial charge in [-0.2, -0.15) is 0 Å². The number of pyridine rings is 1. The Morgan fingerprint density at radius 3 is 2.83 bits per heavy atom. The maximum atomic E-state index is 11.8. The van der Waals surface area contributed by atoms with Gasteiger partial charge < -0.3 is 19.7 Å². The van der Waals surface area contributed by atoms with Crippen molar-refractivity contribution in [3.05, 3.63) is 23.9 Å². The number of hydrogen-bond donors (Lipinski definition) is 1. The van der Waals surface area contributed by atoms with Crippen LogP contribution in [0.15, 0.2) is 23.3 Å².